The number of hydrogen-bond acceptors (Lipinski definition) is 5. The normalized spacial score (nSPS) is 13.9. The minimum Gasteiger partial charge on any atom is -0.350 e. The summed E-state index contributed by atoms with van der Waals surface area (Å²) >= 11 is 1.63. The number of carbonyl (C=O) groups excluding carboxylic acids is 1. The number of hydrogen-bond donors (Lipinski definition) is 2. The molecule has 1 aliphatic rings. The van der Waals surface area contributed by atoms with Gasteiger partial charge in [0.15, 0.2) is 0 Å². The molecule has 0 aromatic carbocycles. The average Bonchev–Trinajstić information content (AvgIpc) is 3.00. The number of aromatic nitrogens is 3. The first-order chi connectivity index (χ1) is 10.2. The molecule has 2 N–H and O–H groups in total. The smallest absolute Gasteiger partial charge is 0.271 e. The van der Waals surface area contributed by atoms with Gasteiger partial charge in [0.1, 0.15) is 11.5 Å². The third kappa shape index (κ3) is 3.85. The maximum absolute atomic E-state index is 12.1. The fourth-order valence-electron chi connectivity index (χ4n) is 2.43. The number of nitrogens with zero attached hydrogens (tertiary/aromatic N) is 3. The molecule has 2 aromatic rings. The highest BCUT2D eigenvalue weighted by Gasteiger charge is 2.15. The summed E-state index contributed by atoms with van der Waals surface area (Å²) < 4.78 is 2.07. The number of rotatable bonds is 4. The van der Waals surface area contributed by atoms with Crippen LogP contribution < -0.4 is 10.6 Å². The van der Waals surface area contributed by atoms with Crippen LogP contribution in [0.25, 0.3) is 0 Å². The van der Waals surface area contributed by atoms with Gasteiger partial charge in [-0.2, -0.15) is 0 Å². The lowest BCUT2D eigenvalue weighted by Gasteiger charge is -2.02. The van der Waals surface area contributed by atoms with Crippen molar-refractivity contribution >= 4 is 29.7 Å². The van der Waals surface area contributed by atoms with Crippen molar-refractivity contribution in [2.45, 2.75) is 26.3 Å². The first-order valence-corrected chi connectivity index (χ1v) is 8.06. The number of imidazole rings is 1. The van der Waals surface area contributed by atoms with E-state index in [0.717, 1.165) is 44.0 Å². The monoisotopic (exact) mass is 341 g/mol. The first kappa shape index (κ1) is 16.9. The van der Waals surface area contributed by atoms with E-state index in [1.165, 1.54) is 4.88 Å². The summed E-state index contributed by atoms with van der Waals surface area (Å²) in [5.41, 5.74) is 3.41. The molecule has 6 nitrogen and oxygen atoms in total. The zero-order valence-electron chi connectivity index (χ0n) is 12.5. The van der Waals surface area contributed by atoms with Gasteiger partial charge in [0.25, 0.3) is 5.91 Å². The van der Waals surface area contributed by atoms with Crippen LogP contribution in [0.3, 0.4) is 0 Å². The van der Waals surface area contributed by atoms with Gasteiger partial charge in [-0.05, 0) is 6.92 Å². The van der Waals surface area contributed by atoms with Crippen LogP contribution in [0.1, 0.15) is 26.9 Å². The molecule has 1 aliphatic heterocycles. The van der Waals surface area contributed by atoms with Crippen LogP contribution in [0.4, 0.5) is 0 Å². The Hall–Kier alpha value is -1.44. The molecule has 0 saturated heterocycles. The Bertz CT molecular complexity index is 615. The molecule has 1 amide bonds. The first-order valence-electron chi connectivity index (χ1n) is 7.18. The highest BCUT2D eigenvalue weighted by atomic mass is 35.5. The molecule has 3 rings (SSSR count). The Morgan fingerprint density at radius 2 is 2.36 bits per heavy atom. The van der Waals surface area contributed by atoms with Gasteiger partial charge in [-0.15, -0.1) is 23.7 Å². The van der Waals surface area contributed by atoms with Gasteiger partial charge < -0.3 is 15.2 Å². The summed E-state index contributed by atoms with van der Waals surface area (Å²) in [6, 6.07) is 0. The van der Waals surface area contributed by atoms with E-state index in [0.29, 0.717) is 12.2 Å². The molecule has 0 unspecified atom stereocenters. The van der Waals surface area contributed by atoms with Gasteiger partial charge in [0, 0.05) is 50.1 Å². The second-order valence-corrected chi connectivity index (χ2v) is 6.04. The van der Waals surface area contributed by atoms with Gasteiger partial charge in [0.05, 0.1) is 11.2 Å². The number of thiazole rings is 1. The summed E-state index contributed by atoms with van der Waals surface area (Å²) in [7, 11) is 0. The minimum absolute atomic E-state index is 0. The highest BCUT2D eigenvalue weighted by Crippen LogP contribution is 2.12. The van der Waals surface area contributed by atoms with E-state index in [1.54, 1.807) is 11.3 Å². The fraction of sp³-hybridized carbons (Fsp3) is 0.500. The third-order valence-electron chi connectivity index (χ3n) is 3.63. The van der Waals surface area contributed by atoms with Crippen molar-refractivity contribution in [2.24, 2.45) is 0 Å². The van der Waals surface area contributed by atoms with Gasteiger partial charge in [0.2, 0.25) is 0 Å². The largest absolute Gasteiger partial charge is 0.350 e. The average molecular weight is 342 g/mol. The van der Waals surface area contributed by atoms with Crippen LogP contribution in [0.2, 0.25) is 0 Å². The van der Waals surface area contributed by atoms with Crippen LogP contribution >= 0.6 is 23.7 Å². The maximum atomic E-state index is 12.1. The van der Waals surface area contributed by atoms with Gasteiger partial charge in [-0.3, -0.25) is 4.79 Å². The predicted octanol–water partition coefficient (Wildman–Crippen LogP) is 1.19. The van der Waals surface area contributed by atoms with Crippen molar-refractivity contribution in [1.29, 1.82) is 0 Å². The molecule has 3 heterocycles. The number of nitrogens with one attached hydrogen (secondary N) is 2. The summed E-state index contributed by atoms with van der Waals surface area (Å²) in [5.74, 6) is 0.897. The zero-order chi connectivity index (χ0) is 14.7. The molecule has 120 valence electrons. The molecule has 0 fully saturated rings. The molecule has 0 radical (unpaired) electrons. The Labute approximate surface area is 139 Å². The predicted molar refractivity (Wildman–Crippen MR) is 88.9 cm³/mol. The van der Waals surface area contributed by atoms with Crippen molar-refractivity contribution in [3.8, 4) is 0 Å². The van der Waals surface area contributed by atoms with Gasteiger partial charge in [-0.1, -0.05) is 0 Å². The van der Waals surface area contributed by atoms with E-state index < -0.39 is 0 Å². The van der Waals surface area contributed by atoms with Crippen molar-refractivity contribution < 1.29 is 4.79 Å². The summed E-state index contributed by atoms with van der Waals surface area (Å²) in [6.45, 7) is 5.33. The molecular weight excluding hydrogens is 322 g/mol. The Morgan fingerprint density at radius 3 is 3.14 bits per heavy atom. The van der Waals surface area contributed by atoms with E-state index in [-0.39, 0.29) is 18.3 Å². The maximum Gasteiger partial charge on any atom is 0.271 e. The minimum atomic E-state index is -0.0919. The molecule has 8 heteroatoms. The van der Waals surface area contributed by atoms with Crippen LogP contribution in [0.5, 0.6) is 0 Å². The van der Waals surface area contributed by atoms with E-state index in [1.807, 2.05) is 18.6 Å². The van der Waals surface area contributed by atoms with Crippen LogP contribution in [-0.4, -0.2) is 40.1 Å². The second kappa shape index (κ2) is 7.71. The molecule has 22 heavy (non-hydrogen) atoms. The fourth-order valence-corrected chi connectivity index (χ4v) is 3.21. The molecule has 0 aliphatic carbocycles. The van der Waals surface area contributed by atoms with E-state index in [2.05, 4.69) is 25.2 Å². The number of fused-ring (bicyclic) bond motifs is 1. The molecule has 0 spiro atoms. The molecule has 0 saturated carbocycles. The van der Waals surface area contributed by atoms with Gasteiger partial charge >= 0.3 is 0 Å². The van der Waals surface area contributed by atoms with E-state index >= 15 is 0 Å². The van der Waals surface area contributed by atoms with Crippen molar-refractivity contribution in [2.75, 3.05) is 19.6 Å². The third-order valence-corrected chi connectivity index (χ3v) is 4.62. The number of carbonyl (C=O) groups is 1. The SMILES string of the molecule is Cc1ncsc1CCNC(=O)c1cn2c(n1)CCNCC2.Cl. The topological polar surface area (TPSA) is 71.8 Å². The van der Waals surface area contributed by atoms with E-state index in [9.17, 15) is 4.79 Å². The lowest BCUT2D eigenvalue weighted by molar-refractivity contribution is 0.0949. The number of halogens is 1. The summed E-state index contributed by atoms with van der Waals surface area (Å²) in [6.07, 6.45) is 3.54. The standard InChI is InChI=1S/C14H19N5OS.ClH/c1-10-12(21-9-17-10)2-5-16-14(20)11-8-19-7-6-15-4-3-13(19)18-11;/h8-9,15H,2-7H2,1H3,(H,16,20);1H. The van der Waals surface area contributed by atoms with Crippen molar-refractivity contribution in [1.82, 2.24) is 25.2 Å². The van der Waals surface area contributed by atoms with Crippen molar-refractivity contribution in [3.05, 3.63) is 33.8 Å². The molecule has 2 aromatic heterocycles. The Kier molecular flexibility index (Phi) is 5.93. The molecule has 0 bridgehead atoms. The highest BCUT2D eigenvalue weighted by molar-refractivity contribution is 7.09. The Morgan fingerprint density at radius 1 is 1.50 bits per heavy atom. The van der Waals surface area contributed by atoms with Crippen LogP contribution in [0, 0.1) is 6.92 Å². The number of amides is 1. The van der Waals surface area contributed by atoms with E-state index in [4.69, 9.17) is 0 Å². The lowest BCUT2D eigenvalue weighted by atomic mass is 10.3. The summed E-state index contributed by atoms with van der Waals surface area (Å²) in [4.78, 5) is 22.0. The zero-order valence-corrected chi connectivity index (χ0v) is 14.1. The quantitative estimate of drug-likeness (QED) is 0.876. The number of aryl methyl sites for hydroxylation is 1. The molecule has 0 atom stereocenters. The molecular formula is C14H20ClN5OS. The Balaban J connectivity index is 0.00000176. The second-order valence-electron chi connectivity index (χ2n) is 5.10. The van der Waals surface area contributed by atoms with Crippen LogP contribution in [0.15, 0.2) is 11.7 Å². The van der Waals surface area contributed by atoms with Gasteiger partial charge in [-0.25, -0.2) is 9.97 Å². The van der Waals surface area contributed by atoms with Crippen molar-refractivity contribution in [3.63, 3.8) is 0 Å². The van der Waals surface area contributed by atoms with Crippen LogP contribution in [-0.2, 0) is 19.4 Å². The summed E-state index contributed by atoms with van der Waals surface area (Å²) in [5, 5.41) is 6.26. The lowest BCUT2D eigenvalue weighted by Crippen LogP contribution is -2.26.